The highest BCUT2D eigenvalue weighted by Crippen LogP contribution is 2.42. The average molecular weight is 758 g/mol. The van der Waals surface area contributed by atoms with E-state index in [2.05, 4.69) is 37.2 Å². The number of nitrogens with zero attached hydrogens (tertiary/aromatic N) is 1. The maximum Gasteiger partial charge on any atom is 0.277 e. The van der Waals surface area contributed by atoms with Gasteiger partial charge in [0.05, 0.1) is 25.8 Å². The molecule has 226 valence electrons. The number of phenols is 1. The Morgan fingerprint density at radius 2 is 1.40 bits per heavy atom. The van der Waals surface area contributed by atoms with Crippen LogP contribution in [0.15, 0.2) is 91.5 Å². The van der Waals surface area contributed by atoms with Crippen molar-refractivity contribution in [1.29, 1.82) is 0 Å². The highest BCUT2D eigenvalue weighted by Gasteiger charge is 2.39. The van der Waals surface area contributed by atoms with E-state index in [-0.39, 0.29) is 9.75 Å². The first-order valence-electron chi connectivity index (χ1n) is 12.8. The largest absolute Gasteiger partial charge is 0.506 e. The van der Waals surface area contributed by atoms with Gasteiger partial charge in [0.15, 0.2) is 0 Å². The van der Waals surface area contributed by atoms with Crippen LogP contribution in [-0.2, 0) is 32.9 Å². The monoisotopic (exact) mass is 756 g/mol. The first-order valence-corrected chi connectivity index (χ1v) is 17.2. The summed E-state index contributed by atoms with van der Waals surface area (Å²) < 4.78 is 90.1. The number of aromatic hydroxyl groups is 1. The number of halogens is 4. The van der Waals surface area contributed by atoms with Gasteiger partial charge in [-0.25, -0.2) is 25.6 Å². The molecule has 0 aliphatic carbocycles. The molecular formula is C29H24Br2F2N2O6S2. The van der Waals surface area contributed by atoms with Crippen LogP contribution in [0, 0.1) is 11.6 Å². The molecule has 0 amide bonds. The number of phenolic OH excluding ortho intramolecular Hbond substituents is 1. The van der Waals surface area contributed by atoms with Crippen LogP contribution in [0.2, 0.25) is 0 Å². The number of hydrogen-bond acceptors (Lipinski definition) is 7. The van der Waals surface area contributed by atoms with Crippen molar-refractivity contribution in [3.05, 3.63) is 110 Å². The molecule has 1 aliphatic rings. The summed E-state index contributed by atoms with van der Waals surface area (Å²) in [5.41, 5.74) is 1.64. The van der Waals surface area contributed by atoms with E-state index in [0.29, 0.717) is 45.2 Å². The van der Waals surface area contributed by atoms with E-state index in [1.54, 1.807) is 7.11 Å². The minimum atomic E-state index is -4.95. The van der Waals surface area contributed by atoms with Crippen molar-refractivity contribution in [3.8, 4) is 11.5 Å². The molecule has 0 saturated heterocycles. The second kappa shape index (κ2) is 12.2. The van der Waals surface area contributed by atoms with Crippen LogP contribution in [0.3, 0.4) is 0 Å². The zero-order valence-electron chi connectivity index (χ0n) is 22.4. The Balaban J connectivity index is 1.67. The second-order valence-electron chi connectivity index (χ2n) is 9.71. The maximum atomic E-state index is 14.0. The van der Waals surface area contributed by atoms with Crippen molar-refractivity contribution < 1.29 is 35.5 Å². The van der Waals surface area contributed by atoms with E-state index >= 15 is 0 Å². The van der Waals surface area contributed by atoms with Crippen LogP contribution >= 0.6 is 31.9 Å². The number of rotatable bonds is 8. The molecule has 4 aromatic rings. The van der Waals surface area contributed by atoms with Crippen molar-refractivity contribution in [3.63, 3.8) is 0 Å². The third-order valence-corrected chi connectivity index (χ3v) is 12.3. The summed E-state index contributed by atoms with van der Waals surface area (Å²) >= 11 is 6.99. The highest BCUT2D eigenvalue weighted by atomic mass is 79.9. The standard InChI is InChI=1S/C29H24Br2F2N2O6S2/c1-41-29-24(30)12-17(13-25(29)31)14-26-23-16-27(28(36)15-18(23)10-11-34-26)35(42(37,38)21-6-2-19(32)3-7-21)43(39,40)22-8-4-20(33)5-9-22/h2-9,12-13,15-16,26,34,36H,10-11,14H2,1H3. The molecule has 0 spiro atoms. The molecule has 0 saturated carbocycles. The summed E-state index contributed by atoms with van der Waals surface area (Å²) in [6.45, 7) is 0.556. The Morgan fingerprint density at radius 3 is 1.88 bits per heavy atom. The van der Waals surface area contributed by atoms with Gasteiger partial charge in [-0.05, 0) is 141 Å². The van der Waals surface area contributed by atoms with Crippen molar-refractivity contribution >= 4 is 57.6 Å². The lowest BCUT2D eigenvalue weighted by atomic mass is 9.89. The molecule has 0 fully saturated rings. The lowest BCUT2D eigenvalue weighted by Gasteiger charge is -2.31. The number of ether oxygens (including phenoxy) is 1. The molecule has 14 heteroatoms. The molecule has 8 nitrogen and oxygen atoms in total. The van der Waals surface area contributed by atoms with Gasteiger partial charge in [0.2, 0.25) is 0 Å². The number of anilines is 1. The van der Waals surface area contributed by atoms with Gasteiger partial charge in [-0.1, -0.05) is 0 Å². The average Bonchev–Trinajstić information content (AvgIpc) is 2.94. The quantitative estimate of drug-likeness (QED) is 0.220. The molecule has 1 heterocycles. The smallest absolute Gasteiger partial charge is 0.277 e. The van der Waals surface area contributed by atoms with E-state index in [4.69, 9.17) is 4.74 Å². The van der Waals surface area contributed by atoms with Gasteiger partial charge in [-0.3, -0.25) is 0 Å². The molecule has 1 aliphatic heterocycles. The fraction of sp³-hybridized carbons (Fsp3) is 0.172. The Hall–Kier alpha value is -3.04. The fourth-order valence-electron chi connectivity index (χ4n) is 4.95. The van der Waals surface area contributed by atoms with E-state index in [0.717, 1.165) is 54.1 Å². The predicted molar refractivity (Wildman–Crippen MR) is 164 cm³/mol. The van der Waals surface area contributed by atoms with Gasteiger partial charge in [-0.15, -0.1) is 0 Å². The summed E-state index contributed by atoms with van der Waals surface area (Å²) in [5.74, 6) is -1.44. The van der Waals surface area contributed by atoms with Crippen LogP contribution in [0.25, 0.3) is 0 Å². The van der Waals surface area contributed by atoms with Crippen LogP contribution < -0.4 is 13.8 Å². The van der Waals surface area contributed by atoms with Gasteiger partial charge in [0, 0.05) is 6.04 Å². The molecule has 43 heavy (non-hydrogen) atoms. The van der Waals surface area contributed by atoms with Gasteiger partial charge in [0.25, 0.3) is 20.0 Å². The number of sulfonamides is 2. The third kappa shape index (κ3) is 6.16. The molecule has 0 bridgehead atoms. The summed E-state index contributed by atoms with van der Waals surface area (Å²) in [6, 6.07) is 13.3. The first kappa shape index (κ1) is 31.4. The van der Waals surface area contributed by atoms with Gasteiger partial charge in [0.1, 0.15) is 28.8 Å². The second-order valence-corrected chi connectivity index (χ2v) is 15.2. The predicted octanol–water partition coefficient (Wildman–Crippen LogP) is 6.22. The van der Waals surface area contributed by atoms with Crippen LogP contribution in [0.1, 0.15) is 22.7 Å². The van der Waals surface area contributed by atoms with Crippen LogP contribution in [0.4, 0.5) is 14.5 Å². The van der Waals surface area contributed by atoms with Crippen molar-refractivity contribution in [2.45, 2.75) is 28.7 Å². The lowest BCUT2D eigenvalue weighted by Crippen LogP contribution is -2.38. The molecule has 2 N–H and O–H groups in total. The maximum absolute atomic E-state index is 14.0. The Labute approximate surface area is 264 Å². The third-order valence-electron chi connectivity index (χ3n) is 6.96. The van der Waals surface area contributed by atoms with Crippen molar-refractivity contribution in [2.75, 3.05) is 17.4 Å². The molecule has 5 rings (SSSR count). The zero-order valence-corrected chi connectivity index (χ0v) is 27.2. The summed E-state index contributed by atoms with van der Waals surface area (Å²) in [6.07, 6.45) is 0.916. The first-order chi connectivity index (χ1) is 20.3. The van der Waals surface area contributed by atoms with E-state index in [1.807, 2.05) is 12.1 Å². The number of fused-ring (bicyclic) bond motifs is 1. The van der Waals surface area contributed by atoms with E-state index in [1.165, 1.54) is 12.1 Å². The number of nitrogens with one attached hydrogen (secondary N) is 1. The van der Waals surface area contributed by atoms with Gasteiger partial charge >= 0.3 is 0 Å². The zero-order chi connectivity index (χ0) is 31.1. The Morgan fingerprint density at radius 1 is 0.884 bits per heavy atom. The minimum absolute atomic E-state index is 0.113. The lowest BCUT2D eigenvalue weighted by molar-refractivity contribution is 0.409. The van der Waals surface area contributed by atoms with E-state index < -0.39 is 52.9 Å². The summed E-state index contributed by atoms with van der Waals surface area (Å²) in [5, 5.41) is 14.5. The van der Waals surface area contributed by atoms with Crippen molar-refractivity contribution in [2.24, 2.45) is 0 Å². The molecule has 1 unspecified atom stereocenters. The molecule has 0 aromatic heterocycles. The number of benzene rings is 4. The van der Waals surface area contributed by atoms with E-state index in [9.17, 15) is 30.7 Å². The highest BCUT2D eigenvalue weighted by molar-refractivity contribution is 9.11. The van der Waals surface area contributed by atoms with Crippen LogP contribution in [-0.4, -0.2) is 35.6 Å². The SMILES string of the molecule is COc1c(Br)cc(CC2NCCc3cc(O)c(N(S(=O)(=O)c4ccc(F)cc4)S(=O)(=O)c4ccc(F)cc4)cc32)cc1Br. The fourth-order valence-corrected chi connectivity index (χ4v) is 10.3. The normalized spacial score (nSPS) is 15.1. The molecular weight excluding hydrogens is 734 g/mol. The molecule has 4 aromatic carbocycles. The Bertz CT molecular complexity index is 1810. The van der Waals surface area contributed by atoms with Gasteiger partial charge in [-0.2, -0.15) is 3.71 Å². The number of methoxy groups -OCH3 is 1. The molecule has 1 atom stereocenters. The van der Waals surface area contributed by atoms with Crippen molar-refractivity contribution in [1.82, 2.24) is 5.32 Å². The Kier molecular flexibility index (Phi) is 8.87. The minimum Gasteiger partial charge on any atom is -0.506 e. The number of hydrogen-bond donors (Lipinski definition) is 2. The molecule has 0 radical (unpaired) electrons. The summed E-state index contributed by atoms with van der Waals surface area (Å²) in [4.78, 5) is -1.06. The van der Waals surface area contributed by atoms with Crippen LogP contribution in [0.5, 0.6) is 11.5 Å². The summed E-state index contributed by atoms with van der Waals surface area (Å²) in [7, 11) is -8.36. The topological polar surface area (TPSA) is 113 Å². The van der Waals surface area contributed by atoms with Gasteiger partial charge < -0.3 is 15.2 Å².